The lowest BCUT2D eigenvalue weighted by molar-refractivity contribution is -0.383. The third-order valence-corrected chi connectivity index (χ3v) is 8.67. The Kier molecular flexibility index (Phi) is 13.8. The highest BCUT2D eigenvalue weighted by molar-refractivity contribution is 6.49. The number of nitrogens with two attached hydrogens (primary N) is 2. The van der Waals surface area contributed by atoms with Crippen LogP contribution in [0.25, 0.3) is 33.5 Å². The highest BCUT2D eigenvalue weighted by Gasteiger charge is 2.20. The molecule has 0 radical (unpaired) electrons. The average Bonchev–Trinajstić information content (AvgIpc) is 3.19. The van der Waals surface area contributed by atoms with Crippen molar-refractivity contribution in [2.75, 3.05) is 11.5 Å². The maximum absolute atomic E-state index is 12.0. The molecule has 0 amide bonds. The predicted molar refractivity (Wildman–Crippen MR) is 226 cm³/mol. The molecule has 4 N–H and O–H groups in total. The van der Waals surface area contributed by atoms with Crippen molar-refractivity contribution < 1.29 is 19.4 Å². The highest BCUT2D eigenvalue weighted by Crippen LogP contribution is 2.34. The van der Waals surface area contributed by atoms with E-state index in [1.165, 1.54) is 24.3 Å². The fourth-order valence-electron chi connectivity index (χ4n) is 5.44. The first-order chi connectivity index (χ1) is 26.7. The van der Waals surface area contributed by atoms with Gasteiger partial charge in [0.05, 0.1) is 32.4 Å². The molecule has 0 aliphatic heterocycles. The van der Waals surface area contributed by atoms with Gasteiger partial charge < -0.3 is 11.5 Å². The predicted octanol–water partition coefficient (Wildman–Crippen LogP) is 10.3. The summed E-state index contributed by atoms with van der Waals surface area (Å²) in [7, 11) is 0. The first-order valence-corrected chi connectivity index (χ1v) is 17.3. The number of aryl methyl sites for hydroxylation is 4. The van der Waals surface area contributed by atoms with Gasteiger partial charge in [-0.05, 0) is 39.8 Å². The second-order valence-electron chi connectivity index (χ2n) is 13.0. The van der Waals surface area contributed by atoms with E-state index in [0.717, 1.165) is 33.4 Å². The van der Waals surface area contributed by atoms with E-state index >= 15 is 0 Å². The van der Waals surface area contributed by atoms with E-state index in [1.54, 1.807) is 36.4 Å². The van der Waals surface area contributed by atoms with E-state index in [2.05, 4.69) is 0 Å². The molecule has 12 heteroatoms. The number of non-ortho nitro benzene ring substituents is 1. The fourth-order valence-corrected chi connectivity index (χ4v) is 5.44. The number of carbonyl (C=O) groups excluding carboxylic acids is 2. The lowest BCUT2D eigenvalue weighted by atomic mass is 10.00. The first kappa shape index (κ1) is 42.1. The number of nitro benzene ring substituents is 2. The van der Waals surface area contributed by atoms with Gasteiger partial charge in [-0.25, -0.2) is 9.97 Å². The molecule has 12 nitrogen and oxygen atoms in total. The molecule has 57 heavy (non-hydrogen) atoms. The van der Waals surface area contributed by atoms with Crippen molar-refractivity contribution in [1.82, 2.24) is 9.97 Å². The lowest BCUT2D eigenvalue weighted by Gasteiger charge is -2.11. The lowest BCUT2D eigenvalue weighted by Crippen LogP contribution is -2.14. The molecule has 0 unspecified atom stereocenters. The van der Waals surface area contributed by atoms with Crippen LogP contribution in [0.3, 0.4) is 0 Å². The van der Waals surface area contributed by atoms with E-state index in [4.69, 9.17) is 21.4 Å². The zero-order chi connectivity index (χ0) is 40.5. The van der Waals surface area contributed by atoms with Crippen LogP contribution in [0.15, 0.2) is 133 Å². The number of hydrogen-bond acceptors (Lipinski definition) is 10. The summed E-state index contributed by atoms with van der Waals surface area (Å²) >= 11 is 0. The van der Waals surface area contributed by atoms with Gasteiger partial charge in [0.15, 0.2) is 5.52 Å². The van der Waals surface area contributed by atoms with Crippen molar-refractivity contribution in [3.63, 3.8) is 0 Å². The minimum Gasteiger partial charge on any atom is -0.397 e. The number of rotatable bonds is 7. The third-order valence-electron chi connectivity index (χ3n) is 8.67. The average molecular weight is 763 g/mol. The molecular weight excluding hydrogens is 721 g/mol. The van der Waals surface area contributed by atoms with Crippen LogP contribution in [-0.4, -0.2) is 31.4 Å². The van der Waals surface area contributed by atoms with Crippen molar-refractivity contribution >= 4 is 45.3 Å². The number of benzene rings is 6. The molecule has 6 aromatic carbocycles. The Morgan fingerprint density at radius 3 is 1.28 bits per heavy atom. The summed E-state index contributed by atoms with van der Waals surface area (Å²) in [5, 5.41) is 21.7. The summed E-state index contributed by atoms with van der Waals surface area (Å²) in [5.74, 6) is -0.919. The normalized spacial score (nSPS) is 10.2. The van der Waals surface area contributed by atoms with E-state index in [1.807, 2.05) is 100 Å². The molecule has 7 rings (SSSR count). The van der Waals surface area contributed by atoms with Crippen LogP contribution in [0.4, 0.5) is 22.7 Å². The zero-order valence-electron chi connectivity index (χ0n) is 31.1. The summed E-state index contributed by atoms with van der Waals surface area (Å²) in [6.07, 6.45) is 0. The van der Waals surface area contributed by atoms with Gasteiger partial charge in [0.25, 0.3) is 11.4 Å². The largest absolute Gasteiger partial charge is 0.397 e. The molecule has 0 spiro atoms. The number of aromatic nitrogens is 2. The molecule has 0 bridgehead atoms. The van der Waals surface area contributed by atoms with Crippen molar-refractivity contribution in [3.8, 4) is 22.5 Å². The second kappa shape index (κ2) is 18.6. The minimum atomic E-state index is -0.564. The number of nitro groups is 2. The standard InChI is InChI=1S/C22H17N3O2.C16H14O2.C6H7N3O2.CH4/c1-14-6-10-16(11-7-14)20-21(17-12-8-15(2)9-13-17)24-22-18(23-20)4-3-5-19(22)25(26)27;1-11-3-7-13(8-4-11)15(17)16(18)14-9-5-12(2)6-10-14;7-4-2-1-3-5(6(4)8)9(10)11;/h3-13H,1-2H3;3-10H,1-2H3;1-3H,7-8H2;1H4. The van der Waals surface area contributed by atoms with Gasteiger partial charge in [-0.1, -0.05) is 139 Å². The number of Topliss-reactive ketones (excluding diaryl/α,β-unsaturated/α-hetero) is 2. The van der Waals surface area contributed by atoms with E-state index < -0.39 is 21.4 Å². The maximum atomic E-state index is 12.0. The quantitative estimate of drug-likeness (QED) is 0.0518. The third kappa shape index (κ3) is 10.3. The second-order valence-corrected chi connectivity index (χ2v) is 13.0. The Bertz CT molecular complexity index is 2500. The van der Waals surface area contributed by atoms with Crippen LogP contribution in [0.2, 0.25) is 0 Å². The van der Waals surface area contributed by atoms with Crippen LogP contribution in [0.1, 0.15) is 50.4 Å². The molecule has 0 saturated heterocycles. The zero-order valence-corrected chi connectivity index (χ0v) is 31.1. The van der Waals surface area contributed by atoms with Gasteiger partial charge in [-0.15, -0.1) is 0 Å². The number of anilines is 2. The molecule has 1 heterocycles. The van der Waals surface area contributed by atoms with Crippen LogP contribution >= 0.6 is 0 Å². The van der Waals surface area contributed by atoms with Gasteiger partial charge in [-0.3, -0.25) is 29.8 Å². The monoisotopic (exact) mass is 762 g/mol. The van der Waals surface area contributed by atoms with Crippen LogP contribution in [0.5, 0.6) is 0 Å². The molecule has 0 atom stereocenters. The van der Waals surface area contributed by atoms with Crippen molar-refractivity contribution in [2.45, 2.75) is 35.1 Å². The maximum Gasteiger partial charge on any atom is 0.297 e. The van der Waals surface area contributed by atoms with Gasteiger partial charge in [0.1, 0.15) is 5.69 Å². The Hall–Kier alpha value is -7.60. The Balaban J connectivity index is 0.000000207. The number of para-hydroxylation sites is 2. The van der Waals surface area contributed by atoms with Gasteiger partial charge >= 0.3 is 0 Å². The molecule has 0 saturated carbocycles. The Morgan fingerprint density at radius 1 is 0.509 bits per heavy atom. The molecule has 288 valence electrons. The first-order valence-electron chi connectivity index (χ1n) is 17.3. The SMILES string of the molecule is C.Cc1ccc(-c2nc3cccc([N+](=O)[O-])c3nc2-c2ccc(C)cc2)cc1.Cc1ccc(C(=O)C(=O)c2ccc(C)cc2)cc1.Nc1cccc([N+](=O)[O-])c1N. The molecule has 7 aromatic rings. The number of ketones is 2. The smallest absolute Gasteiger partial charge is 0.297 e. The molecule has 0 aliphatic rings. The van der Waals surface area contributed by atoms with Gasteiger partial charge in [-0.2, -0.15) is 0 Å². The summed E-state index contributed by atoms with van der Waals surface area (Å²) in [6, 6.07) is 39.2. The molecular formula is C45H42N6O6. The minimum absolute atomic E-state index is 0. The van der Waals surface area contributed by atoms with E-state index in [9.17, 15) is 29.8 Å². The number of fused-ring (bicyclic) bond motifs is 1. The molecule has 1 aromatic heterocycles. The van der Waals surface area contributed by atoms with E-state index in [0.29, 0.717) is 33.5 Å². The summed E-state index contributed by atoms with van der Waals surface area (Å²) in [5.41, 5.74) is 20.0. The number of carbonyl (C=O) groups is 2. The summed E-state index contributed by atoms with van der Waals surface area (Å²) < 4.78 is 0. The van der Waals surface area contributed by atoms with Gasteiger partial charge in [0, 0.05) is 34.4 Å². The van der Waals surface area contributed by atoms with Crippen LogP contribution in [-0.2, 0) is 0 Å². The number of nitrogens with zero attached hydrogens (tertiary/aromatic N) is 4. The van der Waals surface area contributed by atoms with Crippen LogP contribution < -0.4 is 11.5 Å². The fraction of sp³-hybridized carbons (Fsp3) is 0.111. The molecule has 0 fully saturated rings. The highest BCUT2D eigenvalue weighted by atomic mass is 16.6. The van der Waals surface area contributed by atoms with Gasteiger partial charge in [0.2, 0.25) is 11.6 Å². The van der Waals surface area contributed by atoms with Crippen molar-refractivity contribution in [3.05, 3.63) is 187 Å². The Labute approximate surface area is 330 Å². The summed E-state index contributed by atoms with van der Waals surface area (Å²) in [6.45, 7) is 7.92. The summed E-state index contributed by atoms with van der Waals surface area (Å²) in [4.78, 5) is 54.1. The van der Waals surface area contributed by atoms with Crippen LogP contribution in [0, 0.1) is 47.9 Å². The number of hydrogen-bond donors (Lipinski definition) is 2. The Morgan fingerprint density at radius 2 is 0.877 bits per heavy atom. The number of nitrogen functional groups attached to an aromatic ring is 2. The topological polar surface area (TPSA) is 198 Å². The molecule has 0 aliphatic carbocycles. The van der Waals surface area contributed by atoms with Crippen molar-refractivity contribution in [1.29, 1.82) is 0 Å². The van der Waals surface area contributed by atoms with E-state index in [-0.39, 0.29) is 30.2 Å². The van der Waals surface area contributed by atoms with Crippen molar-refractivity contribution in [2.24, 2.45) is 0 Å².